The van der Waals surface area contributed by atoms with Gasteiger partial charge in [0.1, 0.15) is 5.82 Å². The van der Waals surface area contributed by atoms with Crippen LogP contribution in [0.1, 0.15) is 48.8 Å². The topological polar surface area (TPSA) is 87.9 Å². The fourth-order valence-electron chi connectivity index (χ4n) is 3.84. The number of aromatic amines is 1. The third-order valence-corrected chi connectivity index (χ3v) is 5.28. The van der Waals surface area contributed by atoms with Crippen LogP contribution in [0.5, 0.6) is 0 Å². The van der Waals surface area contributed by atoms with Crippen molar-refractivity contribution in [1.82, 2.24) is 20.1 Å². The lowest BCUT2D eigenvalue weighted by Gasteiger charge is -2.30. The van der Waals surface area contributed by atoms with Crippen LogP contribution in [0.25, 0.3) is 0 Å². The van der Waals surface area contributed by atoms with E-state index in [1.807, 2.05) is 6.07 Å². The minimum absolute atomic E-state index is 0.00239. The molecule has 0 spiro atoms. The van der Waals surface area contributed by atoms with Gasteiger partial charge < -0.3 is 5.73 Å². The van der Waals surface area contributed by atoms with Gasteiger partial charge in [0.05, 0.1) is 12.0 Å². The summed E-state index contributed by atoms with van der Waals surface area (Å²) in [6.07, 6.45) is 4.33. The van der Waals surface area contributed by atoms with Crippen LogP contribution in [-0.4, -0.2) is 45.6 Å². The highest BCUT2D eigenvalue weighted by Gasteiger charge is 2.49. The summed E-state index contributed by atoms with van der Waals surface area (Å²) in [7, 11) is 0. The Kier molecular flexibility index (Phi) is 3.84. The number of nitrogens with two attached hydrogens (primary N) is 1. The molecule has 4 rings (SSSR count). The number of carbonyl (C=O) groups excluding carboxylic acids is 1. The molecule has 1 saturated carbocycles. The second-order valence-electron chi connectivity index (χ2n) is 7.03. The number of nitrogens with zero attached hydrogens (tertiary/aromatic N) is 3. The predicted octanol–water partition coefficient (Wildman–Crippen LogP) is 1.55. The number of rotatable bonds is 5. The van der Waals surface area contributed by atoms with E-state index in [0.717, 1.165) is 50.4 Å². The van der Waals surface area contributed by atoms with Crippen molar-refractivity contribution in [3.8, 4) is 0 Å². The van der Waals surface area contributed by atoms with E-state index in [4.69, 9.17) is 10.7 Å². The Bertz CT molecular complexity index is 722. The Morgan fingerprint density at radius 3 is 2.83 bits per heavy atom. The Morgan fingerprint density at radius 2 is 2.12 bits per heavy atom. The van der Waals surface area contributed by atoms with E-state index >= 15 is 0 Å². The number of hydrogen-bond donors (Lipinski definition) is 2. The number of aromatic nitrogens is 3. The molecule has 0 radical (unpaired) electrons. The molecule has 0 bridgehead atoms. The maximum atomic E-state index is 11.2. The number of H-pyrrole nitrogens is 1. The molecule has 24 heavy (non-hydrogen) atoms. The first-order valence-electron chi connectivity index (χ1n) is 8.66. The summed E-state index contributed by atoms with van der Waals surface area (Å²) in [6, 6.07) is 10.5. The number of likely N-dealkylation sites (tertiary alicyclic amines) is 1. The van der Waals surface area contributed by atoms with Gasteiger partial charge in [0.2, 0.25) is 5.91 Å². The third kappa shape index (κ3) is 2.82. The molecular weight excluding hydrogens is 302 g/mol. The molecule has 1 aromatic carbocycles. The van der Waals surface area contributed by atoms with E-state index in [1.165, 1.54) is 5.56 Å². The molecule has 1 unspecified atom stereocenters. The molecule has 1 amide bonds. The van der Waals surface area contributed by atoms with Crippen LogP contribution in [0.2, 0.25) is 0 Å². The predicted molar refractivity (Wildman–Crippen MR) is 90.4 cm³/mol. The van der Waals surface area contributed by atoms with Crippen LogP contribution in [0, 0.1) is 0 Å². The lowest BCUT2D eigenvalue weighted by atomic mass is 9.95. The van der Waals surface area contributed by atoms with Gasteiger partial charge in [0, 0.05) is 12.5 Å². The SMILES string of the molecule is NC(=O)CN1CCCC(c2nc(C3(c4ccccc4)CC3)n[nH]2)C1. The molecule has 6 nitrogen and oxygen atoms in total. The first-order valence-corrected chi connectivity index (χ1v) is 8.66. The quantitative estimate of drug-likeness (QED) is 0.873. The van der Waals surface area contributed by atoms with Crippen LogP contribution >= 0.6 is 0 Å². The molecule has 6 heteroatoms. The summed E-state index contributed by atoms with van der Waals surface area (Å²) < 4.78 is 0. The summed E-state index contributed by atoms with van der Waals surface area (Å²) in [5.41, 5.74) is 6.62. The van der Waals surface area contributed by atoms with Gasteiger partial charge in [-0.15, -0.1) is 0 Å². The minimum Gasteiger partial charge on any atom is -0.369 e. The molecule has 2 heterocycles. The van der Waals surface area contributed by atoms with E-state index in [-0.39, 0.29) is 11.3 Å². The molecule has 1 atom stereocenters. The lowest BCUT2D eigenvalue weighted by Crippen LogP contribution is -2.40. The maximum Gasteiger partial charge on any atom is 0.231 e. The van der Waals surface area contributed by atoms with Crippen LogP contribution in [0.4, 0.5) is 0 Å². The van der Waals surface area contributed by atoms with E-state index < -0.39 is 0 Å². The van der Waals surface area contributed by atoms with Gasteiger partial charge in [-0.25, -0.2) is 4.98 Å². The van der Waals surface area contributed by atoms with Gasteiger partial charge >= 0.3 is 0 Å². The highest BCUT2D eigenvalue weighted by atomic mass is 16.1. The van der Waals surface area contributed by atoms with Crippen molar-refractivity contribution in [1.29, 1.82) is 0 Å². The molecular formula is C18H23N5O. The average molecular weight is 325 g/mol. The number of piperidine rings is 1. The molecule has 3 N–H and O–H groups in total. The number of benzene rings is 1. The smallest absolute Gasteiger partial charge is 0.231 e. The van der Waals surface area contributed by atoms with Crippen molar-refractivity contribution in [2.24, 2.45) is 5.73 Å². The standard InChI is InChI=1S/C18H23N5O/c19-15(24)12-23-10-4-5-13(11-23)16-20-17(22-21-16)18(8-9-18)14-6-2-1-3-7-14/h1-3,6-7,13H,4-5,8-12H2,(H2,19,24)(H,20,21,22). The second-order valence-corrected chi connectivity index (χ2v) is 7.03. The van der Waals surface area contributed by atoms with Gasteiger partial charge in [-0.1, -0.05) is 30.3 Å². The van der Waals surface area contributed by atoms with Crippen molar-refractivity contribution in [2.75, 3.05) is 19.6 Å². The van der Waals surface area contributed by atoms with Crippen molar-refractivity contribution in [3.63, 3.8) is 0 Å². The van der Waals surface area contributed by atoms with Crippen molar-refractivity contribution < 1.29 is 4.79 Å². The van der Waals surface area contributed by atoms with Crippen LogP contribution in [-0.2, 0) is 10.2 Å². The Hall–Kier alpha value is -2.21. The van der Waals surface area contributed by atoms with E-state index in [0.29, 0.717) is 12.5 Å². The number of nitrogens with one attached hydrogen (secondary N) is 1. The van der Waals surface area contributed by atoms with Crippen LogP contribution < -0.4 is 5.73 Å². The van der Waals surface area contributed by atoms with Crippen LogP contribution in [0.15, 0.2) is 30.3 Å². The van der Waals surface area contributed by atoms with E-state index in [1.54, 1.807) is 0 Å². The average Bonchev–Trinajstić information content (AvgIpc) is 3.25. The molecule has 1 saturated heterocycles. The Balaban J connectivity index is 1.52. The van der Waals surface area contributed by atoms with E-state index in [2.05, 4.69) is 39.4 Å². The molecule has 1 aliphatic carbocycles. The molecule has 1 aromatic heterocycles. The van der Waals surface area contributed by atoms with Gasteiger partial charge in [-0.2, -0.15) is 5.10 Å². The van der Waals surface area contributed by atoms with Gasteiger partial charge in [-0.3, -0.25) is 14.8 Å². The zero-order valence-corrected chi connectivity index (χ0v) is 13.7. The van der Waals surface area contributed by atoms with Gasteiger partial charge in [0.25, 0.3) is 0 Å². The second kappa shape index (κ2) is 6.02. The molecule has 2 aromatic rings. The highest BCUT2D eigenvalue weighted by Crippen LogP contribution is 2.52. The largest absolute Gasteiger partial charge is 0.369 e. The van der Waals surface area contributed by atoms with Crippen LogP contribution in [0.3, 0.4) is 0 Å². The summed E-state index contributed by atoms with van der Waals surface area (Å²) in [5.74, 6) is 1.89. The Morgan fingerprint density at radius 1 is 1.33 bits per heavy atom. The van der Waals surface area contributed by atoms with Crippen molar-refractivity contribution in [2.45, 2.75) is 37.0 Å². The van der Waals surface area contributed by atoms with Crippen molar-refractivity contribution >= 4 is 5.91 Å². The van der Waals surface area contributed by atoms with Crippen molar-refractivity contribution in [3.05, 3.63) is 47.5 Å². The summed E-state index contributed by atoms with van der Waals surface area (Å²) in [4.78, 5) is 18.1. The number of hydrogen-bond acceptors (Lipinski definition) is 4. The maximum absolute atomic E-state index is 11.2. The summed E-state index contributed by atoms with van der Waals surface area (Å²) >= 11 is 0. The summed E-state index contributed by atoms with van der Waals surface area (Å²) in [6.45, 7) is 2.07. The molecule has 2 fully saturated rings. The Labute approximate surface area is 141 Å². The normalized spacial score (nSPS) is 23.1. The highest BCUT2D eigenvalue weighted by molar-refractivity contribution is 5.75. The number of carbonyl (C=O) groups is 1. The minimum atomic E-state index is -0.269. The summed E-state index contributed by atoms with van der Waals surface area (Å²) in [5, 5.41) is 7.70. The third-order valence-electron chi connectivity index (χ3n) is 5.28. The fourth-order valence-corrected chi connectivity index (χ4v) is 3.84. The monoisotopic (exact) mass is 325 g/mol. The lowest BCUT2D eigenvalue weighted by molar-refractivity contribution is -0.119. The first kappa shape index (κ1) is 15.3. The van der Waals surface area contributed by atoms with E-state index in [9.17, 15) is 4.79 Å². The van der Waals surface area contributed by atoms with Gasteiger partial charge in [-0.05, 0) is 37.8 Å². The number of primary amides is 1. The zero-order chi connectivity index (χ0) is 16.6. The van der Waals surface area contributed by atoms with Gasteiger partial charge in [0.15, 0.2) is 5.82 Å². The zero-order valence-electron chi connectivity index (χ0n) is 13.7. The first-order chi connectivity index (χ1) is 11.7. The molecule has 1 aliphatic heterocycles. The molecule has 2 aliphatic rings. The molecule has 126 valence electrons. The fraction of sp³-hybridized carbons (Fsp3) is 0.500. The number of amides is 1.